The lowest BCUT2D eigenvalue weighted by molar-refractivity contribution is -0.146. The monoisotopic (exact) mass is 323 g/mol. The average molecular weight is 323 g/mol. The summed E-state index contributed by atoms with van der Waals surface area (Å²) in [5, 5.41) is 0. The van der Waals surface area contributed by atoms with Crippen LogP contribution in [0.3, 0.4) is 0 Å². The van der Waals surface area contributed by atoms with Gasteiger partial charge in [0.25, 0.3) is 10.0 Å². The fourth-order valence-electron chi connectivity index (χ4n) is 2.01. The molecular formula is C15H17NO5S. The quantitative estimate of drug-likeness (QED) is 0.798. The highest BCUT2D eigenvalue weighted by molar-refractivity contribution is 7.90. The van der Waals surface area contributed by atoms with Crippen LogP contribution in [0.5, 0.6) is 0 Å². The van der Waals surface area contributed by atoms with Gasteiger partial charge in [0.1, 0.15) is 6.61 Å². The van der Waals surface area contributed by atoms with Gasteiger partial charge in [0.2, 0.25) is 5.91 Å². The first-order chi connectivity index (χ1) is 10.5. The van der Waals surface area contributed by atoms with Crippen LogP contribution < -0.4 is 4.72 Å². The first-order valence-electron chi connectivity index (χ1n) is 7.28. The molecular weight excluding hydrogens is 306 g/mol. The SMILES string of the molecule is O=C(NS(=O)(=O)c1cccc(COC(=O)C2CC2)c1)C1CC1. The molecule has 2 aliphatic rings. The van der Waals surface area contributed by atoms with Crippen LogP contribution in [0.2, 0.25) is 0 Å². The molecule has 0 heterocycles. The lowest BCUT2D eigenvalue weighted by Gasteiger charge is -2.08. The summed E-state index contributed by atoms with van der Waals surface area (Å²) in [5.74, 6) is -0.872. The third kappa shape index (κ3) is 3.65. The second-order valence-corrected chi connectivity index (χ2v) is 7.46. The van der Waals surface area contributed by atoms with Gasteiger partial charge in [-0.2, -0.15) is 0 Å². The van der Waals surface area contributed by atoms with E-state index in [1.54, 1.807) is 12.1 Å². The number of nitrogens with one attached hydrogen (secondary N) is 1. The van der Waals surface area contributed by atoms with Crippen molar-refractivity contribution < 1.29 is 22.7 Å². The normalized spacial score (nSPS) is 17.8. The third-order valence-electron chi connectivity index (χ3n) is 3.68. The van der Waals surface area contributed by atoms with Gasteiger partial charge in [-0.05, 0) is 43.4 Å². The van der Waals surface area contributed by atoms with Gasteiger partial charge in [-0.3, -0.25) is 9.59 Å². The zero-order valence-electron chi connectivity index (χ0n) is 11.9. The van der Waals surface area contributed by atoms with Crippen molar-refractivity contribution in [2.75, 3.05) is 0 Å². The van der Waals surface area contributed by atoms with E-state index in [9.17, 15) is 18.0 Å². The molecule has 0 atom stereocenters. The van der Waals surface area contributed by atoms with Crippen LogP contribution in [0.15, 0.2) is 29.2 Å². The summed E-state index contributed by atoms with van der Waals surface area (Å²) >= 11 is 0. The summed E-state index contributed by atoms with van der Waals surface area (Å²) < 4.78 is 31.5. The van der Waals surface area contributed by atoms with E-state index >= 15 is 0 Å². The maximum absolute atomic E-state index is 12.1. The van der Waals surface area contributed by atoms with Crippen LogP contribution >= 0.6 is 0 Å². The fraction of sp³-hybridized carbons (Fsp3) is 0.467. The molecule has 1 amide bonds. The van der Waals surface area contributed by atoms with E-state index < -0.39 is 15.9 Å². The molecule has 118 valence electrons. The van der Waals surface area contributed by atoms with Crippen LogP contribution in [0.25, 0.3) is 0 Å². The molecule has 1 aromatic carbocycles. The standard InChI is InChI=1S/C15H17NO5S/c17-14(11-4-5-11)16-22(19,20)13-3-1-2-10(8-13)9-21-15(18)12-6-7-12/h1-3,8,11-12H,4-7,9H2,(H,16,17). The lowest BCUT2D eigenvalue weighted by atomic mass is 10.2. The Morgan fingerprint density at radius 1 is 1.14 bits per heavy atom. The zero-order valence-corrected chi connectivity index (χ0v) is 12.8. The zero-order chi connectivity index (χ0) is 15.7. The number of ether oxygens (including phenoxy) is 1. The van der Waals surface area contributed by atoms with Gasteiger partial charge >= 0.3 is 5.97 Å². The molecule has 2 saturated carbocycles. The smallest absolute Gasteiger partial charge is 0.309 e. The molecule has 2 fully saturated rings. The number of hydrogen-bond donors (Lipinski definition) is 1. The summed E-state index contributed by atoms with van der Waals surface area (Å²) in [7, 11) is -3.87. The predicted octanol–water partition coefficient (Wildman–Crippen LogP) is 1.35. The Balaban J connectivity index is 1.66. The molecule has 2 aliphatic carbocycles. The highest BCUT2D eigenvalue weighted by Crippen LogP contribution is 2.31. The molecule has 6 nitrogen and oxygen atoms in total. The van der Waals surface area contributed by atoms with E-state index in [0.717, 1.165) is 25.7 Å². The van der Waals surface area contributed by atoms with Crippen LogP contribution in [0.4, 0.5) is 0 Å². The number of carbonyl (C=O) groups is 2. The van der Waals surface area contributed by atoms with Gasteiger partial charge in [-0.25, -0.2) is 13.1 Å². The highest BCUT2D eigenvalue weighted by Gasteiger charge is 2.33. The van der Waals surface area contributed by atoms with Gasteiger partial charge in [0.05, 0.1) is 10.8 Å². The number of hydrogen-bond acceptors (Lipinski definition) is 5. The Morgan fingerprint density at radius 3 is 2.45 bits per heavy atom. The van der Waals surface area contributed by atoms with Crippen LogP contribution in [0, 0.1) is 11.8 Å². The van der Waals surface area contributed by atoms with Crippen molar-refractivity contribution in [3.63, 3.8) is 0 Å². The number of amides is 1. The number of benzene rings is 1. The fourth-order valence-corrected chi connectivity index (χ4v) is 3.13. The van der Waals surface area contributed by atoms with Crippen molar-refractivity contribution >= 4 is 21.9 Å². The van der Waals surface area contributed by atoms with E-state index in [0.29, 0.717) is 5.56 Å². The minimum atomic E-state index is -3.87. The van der Waals surface area contributed by atoms with Crippen LogP contribution in [-0.2, 0) is 31.0 Å². The van der Waals surface area contributed by atoms with Crippen molar-refractivity contribution in [2.24, 2.45) is 11.8 Å². The molecule has 3 rings (SSSR count). The van der Waals surface area contributed by atoms with E-state index in [-0.39, 0.29) is 29.3 Å². The van der Waals surface area contributed by atoms with Gasteiger partial charge in [0, 0.05) is 5.92 Å². The summed E-state index contributed by atoms with van der Waals surface area (Å²) in [6.45, 7) is 0.0370. The van der Waals surface area contributed by atoms with Gasteiger partial charge in [0.15, 0.2) is 0 Å². The van der Waals surface area contributed by atoms with Crippen molar-refractivity contribution in [3.8, 4) is 0 Å². The number of sulfonamides is 1. The lowest BCUT2D eigenvalue weighted by Crippen LogP contribution is -2.31. The molecule has 0 radical (unpaired) electrons. The Hall–Kier alpha value is -1.89. The molecule has 0 unspecified atom stereocenters. The first-order valence-corrected chi connectivity index (χ1v) is 8.76. The maximum Gasteiger partial charge on any atom is 0.309 e. The molecule has 0 saturated heterocycles. The molecule has 0 bridgehead atoms. The minimum absolute atomic E-state index is 0.00136. The number of carbonyl (C=O) groups excluding carboxylic acids is 2. The highest BCUT2D eigenvalue weighted by atomic mass is 32.2. The third-order valence-corrected chi connectivity index (χ3v) is 5.03. The van der Waals surface area contributed by atoms with E-state index in [1.165, 1.54) is 12.1 Å². The van der Waals surface area contributed by atoms with E-state index in [2.05, 4.69) is 4.72 Å². The van der Waals surface area contributed by atoms with Crippen LogP contribution in [-0.4, -0.2) is 20.3 Å². The first kappa shape index (κ1) is 15.0. The summed E-state index contributed by atoms with van der Waals surface area (Å²) in [4.78, 5) is 23.1. The summed E-state index contributed by atoms with van der Waals surface area (Å²) in [6, 6.07) is 6.08. The van der Waals surface area contributed by atoms with E-state index in [4.69, 9.17) is 4.74 Å². The summed E-state index contributed by atoms with van der Waals surface area (Å²) in [6.07, 6.45) is 3.19. The van der Waals surface area contributed by atoms with Crippen molar-refractivity contribution in [2.45, 2.75) is 37.2 Å². The molecule has 1 N–H and O–H groups in total. The maximum atomic E-state index is 12.1. The Kier molecular flexibility index (Phi) is 3.90. The summed E-state index contributed by atoms with van der Waals surface area (Å²) in [5.41, 5.74) is 0.579. The molecule has 0 aliphatic heterocycles. The predicted molar refractivity (Wildman–Crippen MR) is 77.0 cm³/mol. The van der Waals surface area contributed by atoms with Gasteiger partial charge in [-0.15, -0.1) is 0 Å². The number of esters is 1. The second kappa shape index (κ2) is 5.72. The van der Waals surface area contributed by atoms with Gasteiger partial charge in [-0.1, -0.05) is 12.1 Å². The Labute approximate surface area is 128 Å². The molecule has 0 aromatic heterocycles. The van der Waals surface area contributed by atoms with Crippen molar-refractivity contribution in [1.29, 1.82) is 0 Å². The average Bonchev–Trinajstić information content (AvgIpc) is 3.37. The molecule has 0 spiro atoms. The van der Waals surface area contributed by atoms with Gasteiger partial charge < -0.3 is 4.74 Å². The minimum Gasteiger partial charge on any atom is -0.461 e. The van der Waals surface area contributed by atoms with Crippen LogP contribution in [0.1, 0.15) is 31.2 Å². The molecule has 1 aromatic rings. The van der Waals surface area contributed by atoms with E-state index in [1.807, 2.05) is 0 Å². The number of rotatable bonds is 6. The largest absolute Gasteiger partial charge is 0.461 e. The molecule has 22 heavy (non-hydrogen) atoms. The second-order valence-electron chi connectivity index (χ2n) is 5.77. The molecule has 7 heteroatoms. The Morgan fingerprint density at radius 2 is 1.82 bits per heavy atom. The van der Waals surface area contributed by atoms with Crippen molar-refractivity contribution in [1.82, 2.24) is 4.72 Å². The topological polar surface area (TPSA) is 89.5 Å². The Bertz CT molecular complexity index is 704. The van der Waals surface area contributed by atoms with Crippen molar-refractivity contribution in [3.05, 3.63) is 29.8 Å².